The summed E-state index contributed by atoms with van der Waals surface area (Å²) in [4.78, 5) is 44.3. The second-order valence-electron chi connectivity index (χ2n) is 8.20. The zero-order valence-corrected chi connectivity index (χ0v) is 17.4. The van der Waals surface area contributed by atoms with E-state index in [2.05, 4.69) is 9.88 Å². The average Bonchev–Trinajstić information content (AvgIpc) is 3.21. The van der Waals surface area contributed by atoms with Crippen LogP contribution < -0.4 is 10.5 Å². The van der Waals surface area contributed by atoms with Crippen molar-refractivity contribution in [2.75, 3.05) is 31.1 Å². The van der Waals surface area contributed by atoms with Crippen LogP contribution in [0.4, 0.5) is 10.5 Å². The fourth-order valence-electron chi connectivity index (χ4n) is 4.89. The SMILES string of the molecule is O=C(O)c1ccc2c(c1)nc1c3ccc(N4CCN(C(=O)O)CC4)c4cccc(c(=O)n21)c43. The van der Waals surface area contributed by atoms with Gasteiger partial charge in [-0.25, -0.2) is 14.6 Å². The molecule has 0 aliphatic carbocycles. The number of hydrogen-bond donors (Lipinski definition) is 2. The lowest BCUT2D eigenvalue weighted by Gasteiger charge is -2.35. The van der Waals surface area contributed by atoms with Crippen molar-refractivity contribution in [3.05, 3.63) is 64.4 Å². The first-order valence-electron chi connectivity index (χ1n) is 10.5. The Bertz CT molecular complexity index is 1670. The Balaban J connectivity index is 1.60. The fourth-order valence-corrected chi connectivity index (χ4v) is 4.89. The summed E-state index contributed by atoms with van der Waals surface area (Å²) >= 11 is 0. The summed E-state index contributed by atoms with van der Waals surface area (Å²) in [6.07, 6.45) is -0.915. The standard InChI is InChI=1S/C24H18N4O5/c29-22-16-3-1-2-14-18(26-8-10-27(11-9-26)24(32)33)7-5-15(20(14)16)21-25-17-12-13(23(30)31)4-6-19(17)28(21)22/h1-7,12H,8-11H2,(H,30,31)(H,32,33). The van der Waals surface area contributed by atoms with E-state index in [1.165, 1.54) is 17.0 Å². The van der Waals surface area contributed by atoms with E-state index in [0.29, 0.717) is 48.2 Å². The topological polar surface area (TPSA) is 115 Å². The predicted molar refractivity (Wildman–Crippen MR) is 124 cm³/mol. The molecule has 5 aromatic rings. The van der Waals surface area contributed by atoms with E-state index in [4.69, 9.17) is 0 Å². The molecule has 2 N–H and O–H groups in total. The number of carboxylic acids is 1. The first-order valence-corrected chi connectivity index (χ1v) is 10.5. The second-order valence-corrected chi connectivity index (χ2v) is 8.20. The van der Waals surface area contributed by atoms with E-state index in [0.717, 1.165) is 21.8 Å². The third-order valence-corrected chi connectivity index (χ3v) is 6.48. The van der Waals surface area contributed by atoms with Crippen LogP contribution in [0.15, 0.2) is 53.3 Å². The number of imidazole rings is 1. The molecule has 3 aromatic carbocycles. The van der Waals surface area contributed by atoms with Crippen molar-refractivity contribution in [1.82, 2.24) is 14.3 Å². The fraction of sp³-hybridized carbons (Fsp3) is 0.167. The number of hydrogen-bond acceptors (Lipinski definition) is 5. The second kappa shape index (κ2) is 6.80. The van der Waals surface area contributed by atoms with E-state index in [-0.39, 0.29) is 11.1 Å². The average molecular weight is 442 g/mol. The summed E-state index contributed by atoms with van der Waals surface area (Å²) in [5.41, 5.74) is 2.37. The van der Waals surface area contributed by atoms with Crippen LogP contribution in [0.2, 0.25) is 0 Å². The highest BCUT2D eigenvalue weighted by Gasteiger charge is 2.24. The summed E-state index contributed by atoms with van der Waals surface area (Å²) in [6.45, 7) is 1.96. The molecule has 1 aliphatic heterocycles. The first-order chi connectivity index (χ1) is 15.9. The summed E-state index contributed by atoms with van der Waals surface area (Å²) in [7, 11) is 0. The molecule has 0 spiro atoms. The third kappa shape index (κ3) is 2.72. The van der Waals surface area contributed by atoms with Crippen molar-refractivity contribution in [3.63, 3.8) is 0 Å². The van der Waals surface area contributed by atoms with Gasteiger partial charge < -0.3 is 20.0 Å². The third-order valence-electron chi connectivity index (χ3n) is 6.48. The molecule has 0 unspecified atom stereocenters. The number of carboxylic acid groups (broad SMARTS) is 2. The number of aromatic nitrogens is 2. The molecule has 0 radical (unpaired) electrons. The molecule has 1 amide bonds. The predicted octanol–water partition coefficient (Wildman–Crippen LogP) is 3.09. The molecule has 0 saturated carbocycles. The van der Waals surface area contributed by atoms with Crippen molar-refractivity contribution in [3.8, 4) is 0 Å². The van der Waals surface area contributed by atoms with Crippen molar-refractivity contribution in [1.29, 1.82) is 0 Å². The molecule has 2 aromatic heterocycles. The van der Waals surface area contributed by atoms with Crippen LogP contribution in [-0.2, 0) is 0 Å². The normalized spacial score (nSPS) is 14.7. The van der Waals surface area contributed by atoms with Crippen LogP contribution >= 0.6 is 0 Å². The maximum absolute atomic E-state index is 13.5. The van der Waals surface area contributed by atoms with Gasteiger partial charge in [0.05, 0.1) is 16.6 Å². The van der Waals surface area contributed by atoms with E-state index in [9.17, 15) is 24.6 Å². The Morgan fingerprint density at radius 1 is 0.879 bits per heavy atom. The maximum atomic E-state index is 13.5. The van der Waals surface area contributed by atoms with Gasteiger partial charge in [-0.3, -0.25) is 9.20 Å². The van der Waals surface area contributed by atoms with E-state index >= 15 is 0 Å². The molecule has 1 fully saturated rings. The van der Waals surface area contributed by atoms with Crippen LogP contribution in [0.25, 0.3) is 38.2 Å². The number of fused-ring (bicyclic) bond motifs is 4. The van der Waals surface area contributed by atoms with Gasteiger partial charge in [0.15, 0.2) is 0 Å². The number of anilines is 1. The van der Waals surface area contributed by atoms with Crippen LogP contribution in [0.1, 0.15) is 10.4 Å². The lowest BCUT2D eigenvalue weighted by atomic mass is 10.00. The van der Waals surface area contributed by atoms with Gasteiger partial charge in [0.25, 0.3) is 5.56 Å². The van der Waals surface area contributed by atoms with Crippen molar-refractivity contribution in [2.24, 2.45) is 0 Å². The lowest BCUT2D eigenvalue weighted by Crippen LogP contribution is -2.48. The minimum atomic E-state index is -1.05. The number of piperazine rings is 1. The van der Waals surface area contributed by atoms with Crippen molar-refractivity contribution < 1.29 is 19.8 Å². The summed E-state index contributed by atoms with van der Waals surface area (Å²) in [5, 5.41) is 21.6. The van der Waals surface area contributed by atoms with Gasteiger partial charge in [0.2, 0.25) is 0 Å². The number of amides is 1. The molecule has 0 bridgehead atoms. The number of pyridine rings is 1. The first kappa shape index (κ1) is 19.3. The zero-order valence-electron chi connectivity index (χ0n) is 17.4. The minimum absolute atomic E-state index is 0.115. The highest BCUT2D eigenvalue weighted by molar-refractivity contribution is 6.19. The van der Waals surface area contributed by atoms with Crippen LogP contribution in [0.3, 0.4) is 0 Å². The summed E-state index contributed by atoms with van der Waals surface area (Å²) < 4.78 is 1.55. The molecule has 9 nitrogen and oxygen atoms in total. The molecule has 164 valence electrons. The smallest absolute Gasteiger partial charge is 0.407 e. The molecule has 0 atom stereocenters. The van der Waals surface area contributed by atoms with Gasteiger partial charge in [0.1, 0.15) is 5.65 Å². The Kier molecular flexibility index (Phi) is 3.97. The summed E-state index contributed by atoms with van der Waals surface area (Å²) in [5.74, 6) is -1.05. The van der Waals surface area contributed by atoms with E-state index in [1.807, 2.05) is 24.3 Å². The van der Waals surface area contributed by atoms with Gasteiger partial charge >= 0.3 is 12.1 Å². The van der Waals surface area contributed by atoms with Crippen LogP contribution in [0.5, 0.6) is 0 Å². The number of carbonyl (C=O) groups is 2. The van der Waals surface area contributed by atoms with Crippen molar-refractivity contribution >= 4 is 56.0 Å². The quantitative estimate of drug-likeness (QED) is 0.432. The largest absolute Gasteiger partial charge is 0.478 e. The minimum Gasteiger partial charge on any atom is -0.478 e. The number of nitrogens with zero attached hydrogens (tertiary/aromatic N) is 4. The van der Waals surface area contributed by atoms with Crippen LogP contribution in [0, 0.1) is 0 Å². The molecular formula is C24H18N4O5. The molecular weight excluding hydrogens is 424 g/mol. The Morgan fingerprint density at radius 3 is 2.36 bits per heavy atom. The number of aromatic carboxylic acids is 1. The monoisotopic (exact) mass is 442 g/mol. The van der Waals surface area contributed by atoms with Gasteiger partial charge in [-0.1, -0.05) is 12.1 Å². The van der Waals surface area contributed by atoms with E-state index < -0.39 is 12.1 Å². The number of benzene rings is 3. The maximum Gasteiger partial charge on any atom is 0.407 e. The highest BCUT2D eigenvalue weighted by atomic mass is 16.4. The van der Waals surface area contributed by atoms with Crippen LogP contribution in [-0.4, -0.2) is 62.7 Å². The van der Waals surface area contributed by atoms with Gasteiger partial charge in [0, 0.05) is 53.4 Å². The van der Waals surface area contributed by atoms with Gasteiger partial charge in [-0.05, 0) is 36.4 Å². The number of rotatable bonds is 2. The Morgan fingerprint density at radius 2 is 1.64 bits per heavy atom. The molecule has 1 saturated heterocycles. The van der Waals surface area contributed by atoms with Gasteiger partial charge in [-0.2, -0.15) is 0 Å². The molecule has 9 heteroatoms. The molecule has 33 heavy (non-hydrogen) atoms. The molecule has 3 heterocycles. The van der Waals surface area contributed by atoms with Crippen molar-refractivity contribution in [2.45, 2.75) is 0 Å². The Labute approximate surface area is 186 Å². The summed E-state index contributed by atoms with van der Waals surface area (Å²) in [6, 6.07) is 14.1. The van der Waals surface area contributed by atoms with Gasteiger partial charge in [-0.15, -0.1) is 0 Å². The molecule has 1 aliphatic rings. The highest BCUT2D eigenvalue weighted by Crippen LogP contribution is 2.36. The molecule has 6 rings (SSSR count). The lowest BCUT2D eigenvalue weighted by molar-refractivity contribution is 0.0697. The zero-order chi connectivity index (χ0) is 22.9. The Hall–Kier alpha value is -4.40. The van der Waals surface area contributed by atoms with E-state index in [1.54, 1.807) is 16.5 Å².